The van der Waals surface area contributed by atoms with Crippen molar-refractivity contribution in [1.29, 1.82) is 0 Å². The van der Waals surface area contributed by atoms with Gasteiger partial charge in [0.1, 0.15) is 11.0 Å². The van der Waals surface area contributed by atoms with E-state index in [1.54, 1.807) is 0 Å². The predicted octanol–water partition coefficient (Wildman–Crippen LogP) is 3.48. The zero-order chi connectivity index (χ0) is 12.1. The molecule has 0 atom stereocenters. The second-order valence-electron chi connectivity index (χ2n) is 3.23. The van der Waals surface area contributed by atoms with Gasteiger partial charge in [-0.3, -0.25) is 0 Å². The summed E-state index contributed by atoms with van der Waals surface area (Å²) in [6.07, 6.45) is 1.98. The van der Waals surface area contributed by atoms with Gasteiger partial charge in [-0.15, -0.1) is 0 Å². The molecular weight excluding hydrogens is 254 g/mol. The average molecular weight is 264 g/mol. The second-order valence-corrected chi connectivity index (χ2v) is 4.49. The van der Waals surface area contributed by atoms with Gasteiger partial charge in [-0.2, -0.15) is 0 Å². The number of hydrogen-bond donors (Lipinski definition) is 1. The van der Waals surface area contributed by atoms with E-state index in [0.29, 0.717) is 16.1 Å². The molecule has 2 aromatic rings. The highest BCUT2D eigenvalue weighted by molar-refractivity contribution is 8.02. The molecule has 0 aliphatic carbocycles. The molecule has 86 valence electrons. The molecule has 0 spiro atoms. The Hall–Kier alpha value is -1.52. The molecule has 0 amide bonds. The van der Waals surface area contributed by atoms with Crippen LogP contribution in [0.5, 0.6) is 0 Å². The third-order valence-corrected chi connectivity index (χ3v) is 2.79. The van der Waals surface area contributed by atoms with Crippen molar-refractivity contribution in [2.75, 3.05) is 5.73 Å². The maximum Gasteiger partial charge on any atom is 0.195 e. The van der Waals surface area contributed by atoms with Crippen LogP contribution in [0.3, 0.4) is 0 Å². The van der Waals surface area contributed by atoms with Gasteiger partial charge in [0, 0.05) is 6.07 Å². The molecule has 0 fully saturated rings. The normalized spacial score (nSPS) is 10.9. The lowest BCUT2D eigenvalue weighted by atomic mass is 10.2. The van der Waals surface area contributed by atoms with Crippen molar-refractivity contribution in [2.45, 2.75) is 5.16 Å². The molecular formula is C12H10ClN3S. The molecule has 2 N–H and O–H groups in total. The molecule has 0 aliphatic heterocycles. The SMILES string of the molecule is Nc1cc(Cl)nc(SC=Cc2ccccc2)n1. The van der Waals surface area contributed by atoms with Crippen LogP contribution < -0.4 is 5.73 Å². The maximum absolute atomic E-state index is 5.78. The number of aromatic nitrogens is 2. The standard InChI is InChI=1S/C12H10ClN3S/c13-10-8-11(14)16-12(15-10)17-7-6-9-4-2-1-3-5-9/h1-8H,(H2,14,15,16). The van der Waals surface area contributed by atoms with Crippen molar-refractivity contribution in [3.05, 3.63) is 52.5 Å². The van der Waals surface area contributed by atoms with Gasteiger partial charge in [0.15, 0.2) is 5.16 Å². The van der Waals surface area contributed by atoms with E-state index >= 15 is 0 Å². The van der Waals surface area contributed by atoms with Gasteiger partial charge in [-0.05, 0) is 17.0 Å². The summed E-state index contributed by atoms with van der Waals surface area (Å²) < 4.78 is 0. The highest BCUT2D eigenvalue weighted by Crippen LogP contribution is 2.19. The first-order valence-corrected chi connectivity index (χ1v) is 6.18. The predicted molar refractivity (Wildman–Crippen MR) is 72.8 cm³/mol. The number of benzene rings is 1. The summed E-state index contributed by atoms with van der Waals surface area (Å²) in [7, 11) is 0. The molecule has 17 heavy (non-hydrogen) atoms. The van der Waals surface area contributed by atoms with Gasteiger partial charge >= 0.3 is 0 Å². The van der Waals surface area contributed by atoms with Gasteiger partial charge in [0.05, 0.1) is 0 Å². The number of nitrogens with zero attached hydrogens (tertiary/aromatic N) is 2. The first-order chi connectivity index (χ1) is 8.24. The molecule has 1 aromatic carbocycles. The number of rotatable bonds is 3. The third kappa shape index (κ3) is 3.76. The van der Waals surface area contributed by atoms with Gasteiger partial charge < -0.3 is 5.73 Å². The van der Waals surface area contributed by atoms with Crippen LogP contribution in [0.2, 0.25) is 5.15 Å². The fourth-order valence-corrected chi connectivity index (χ4v) is 2.10. The molecule has 1 heterocycles. The lowest BCUT2D eigenvalue weighted by Gasteiger charge is -1.97. The maximum atomic E-state index is 5.78. The van der Waals surface area contributed by atoms with Crippen molar-refractivity contribution >= 4 is 35.3 Å². The summed E-state index contributed by atoms with van der Waals surface area (Å²) in [4.78, 5) is 8.11. The Bertz CT molecular complexity index is 508. The second kappa shape index (κ2) is 5.70. The summed E-state index contributed by atoms with van der Waals surface area (Å²) in [6, 6.07) is 11.5. The molecule has 2 rings (SSSR count). The molecule has 0 saturated carbocycles. The number of thioether (sulfide) groups is 1. The minimum absolute atomic E-state index is 0.355. The molecule has 0 saturated heterocycles. The number of nitrogen functional groups attached to an aromatic ring is 1. The molecule has 0 aliphatic rings. The summed E-state index contributed by atoms with van der Waals surface area (Å²) in [5.74, 6) is 0.376. The fourth-order valence-electron chi connectivity index (χ4n) is 1.20. The van der Waals surface area contributed by atoms with Crippen molar-refractivity contribution in [1.82, 2.24) is 9.97 Å². The smallest absolute Gasteiger partial charge is 0.195 e. The number of anilines is 1. The topological polar surface area (TPSA) is 51.8 Å². The number of halogens is 1. The summed E-state index contributed by atoms with van der Waals surface area (Å²) in [5.41, 5.74) is 6.69. The van der Waals surface area contributed by atoms with Gasteiger partial charge in [0.25, 0.3) is 0 Å². The highest BCUT2D eigenvalue weighted by Gasteiger charge is 1.99. The van der Waals surface area contributed by atoms with Crippen molar-refractivity contribution in [3.63, 3.8) is 0 Å². The molecule has 5 heteroatoms. The van der Waals surface area contributed by atoms with Crippen molar-refractivity contribution < 1.29 is 0 Å². The highest BCUT2D eigenvalue weighted by atomic mass is 35.5. The molecule has 1 aromatic heterocycles. The minimum atomic E-state index is 0.355. The van der Waals surface area contributed by atoms with E-state index in [0.717, 1.165) is 5.56 Å². The Morgan fingerprint density at radius 2 is 1.94 bits per heavy atom. The van der Waals surface area contributed by atoms with Gasteiger partial charge in [-0.1, -0.05) is 53.7 Å². The van der Waals surface area contributed by atoms with Crippen LogP contribution in [0.25, 0.3) is 6.08 Å². The van der Waals surface area contributed by atoms with Crippen LogP contribution in [0.4, 0.5) is 5.82 Å². The van der Waals surface area contributed by atoms with Crippen LogP contribution >= 0.6 is 23.4 Å². The van der Waals surface area contributed by atoms with Crippen molar-refractivity contribution in [3.8, 4) is 0 Å². The summed E-state index contributed by atoms with van der Waals surface area (Å²) in [6.45, 7) is 0. The largest absolute Gasteiger partial charge is 0.384 e. The van der Waals surface area contributed by atoms with E-state index in [9.17, 15) is 0 Å². The minimum Gasteiger partial charge on any atom is -0.384 e. The van der Waals surface area contributed by atoms with Crippen molar-refractivity contribution in [2.24, 2.45) is 0 Å². The van der Waals surface area contributed by atoms with Gasteiger partial charge in [-0.25, -0.2) is 9.97 Å². The zero-order valence-electron chi connectivity index (χ0n) is 8.88. The lowest BCUT2D eigenvalue weighted by Crippen LogP contribution is -1.93. The lowest BCUT2D eigenvalue weighted by molar-refractivity contribution is 0.981. The monoisotopic (exact) mass is 263 g/mol. The van der Waals surface area contributed by atoms with Crippen LogP contribution in [-0.2, 0) is 0 Å². The van der Waals surface area contributed by atoms with E-state index in [4.69, 9.17) is 17.3 Å². The van der Waals surface area contributed by atoms with Crippen LogP contribution in [0, 0.1) is 0 Å². The summed E-state index contributed by atoms with van der Waals surface area (Å²) in [5, 5.41) is 2.80. The fraction of sp³-hybridized carbons (Fsp3) is 0. The van der Waals surface area contributed by atoms with E-state index in [2.05, 4.69) is 9.97 Å². The number of hydrogen-bond acceptors (Lipinski definition) is 4. The Morgan fingerprint density at radius 1 is 1.18 bits per heavy atom. The van der Waals surface area contributed by atoms with Crippen LogP contribution in [-0.4, -0.2) is 9.97 Å². The van der Waals surface area contributed by atoms with E-state index in [-0.39, 0.29) is 0 Å². The molecule has 0 bridgehead atoms. The first-order valence-electron chi connectivity index (χ1n) is 4.92. The Morgan fingerprint density at radius 3 is 2.65 bits per heavy atom. The Kier molecular flexibility index (Phi) is 4.01. The quantitative estimate of drug-likeness (QED) is 0.523. The van der Waals surface area contributed by atoms with Gasteiger partial charge in [0.2, 0.25) is 0 Å². The Balaban J connectivity index is 2.05. The first kappa shape index (κ1) is 12.0. The third-order valence-electron chi connectivity index (χ3n) is 1.93. The average Bonchev–Trinajstić information content (AvgIpc) is 2.29. The molecule has 0 unspecified atom stereocenters. The molecule has 3 nitrogen and oxygen atoms in total. The van der Waals surface area contributed by atoms with E-state index in [1.807, 2.05) is 41.8 Å². The Labute approximate surface area is 109 Å². The van der Waals surface area contributed by atoms with Crippen LogP contribution in [0.1, 0.15) is 5.56 Å². The molecule has 0 radical (unpaired) electrons. The zero-order valence-corrected chi connectivity index (χ0v) is 10.4. The van der Waals surface area contributed by atoms with E-state index < -0.39 is 0 Å². The number of nitrogens with two attached hydrogens (primary N) is 1. The van der Waals surface area contributed by atoms with Crippen LogP contribution in [0.15, 0.2) is 47.0 Å². The summed E-state index contributed by atoms with van der Waals surface area (Å²) >= 11 is 7.15. The van der Waals surface area contributed by atoms with E-state index in [1.165, 1.54) is 17.8 Å².